The number of halogens is 1. The maximum atomic E-state index is 12.5. The molecule has 1 aliphatic heterocycles. The summed E-state index contributed by atoms with van der Waals surface area (Å²) < 4.78 is 5.81. The number of carbonyl (C=O) groups excluding carboxylic acids is 2. The van der Waals surface area contributed by atoms with E-state index in [1.807, 2.05) is 23.1 Å². The molecule has 0 saturated carbocycles. The van der Waals surface area contributed by atoms with Crippen molar-refractivity contribution < 1.29 is 40.7 Å². The SMILES string of the molecule is CC[N+]1(Cc2ccc([N+](=O)[O-])cc2)CCN(C(=O)/C=C/CCCCCCCOC(C)=O)CC1.[Br-]. The van der Waals surface area contributed by atoms with Gasteiger partial charge in [0.25, 0.3) is 5.69 Å². The second kappa shape index (κ2) is 15.6. The third-order valence-electron chi connectivity index (χ3n) is 6.42. The number of allylic oxidation sites excluding steroid dienone is 1. The zero-order valence-electron chi connectivity index (χ0n) is 20.4. The van der Waals surface area contributed by atoms with Gasteiger partial charge in [-0.3, -0.25) is 19.7 Å². The summed E-state index contributed by atoms with van der Waals surface area (Å²) in [5.74, 6) is -0.136. The quantitative estimate of drug-likeness (QED) is 0.0939. The van der Waals surface area contributed by atoms with Crippen LogP contribution in [0.3, 0.4) is 0 Å². The second-order valence-corrected chi connectivity index (χ2v) is 8.81. The molecule has 9 heteroatoms. The number of nitro benzene ring substituents is 1. The molecule has 2 rings (SSSR count). The summed E-state index contributed by atoms with van der Waals surface area (Å²) in [7, 11) is 0. The molecule has 1 amide bonds. The molecule has 1 fully saturated rings. The van der Waals surface area contributed by atoms with E-state index in [-0.39, 0.29) is 39.5 Å². The van der Waals surface area contributed by atoms with Crippen LogP contribution in [0.5, 0.6) is 0 Å². The van der Waals surface area contributed by atoms with Crippen molar-refractivity contribution in [3.63, 3.8) is 0 Å². The minimum Gasteiger partial charge on any atom is -1.00 e. The molecule has 1 heterocycles. The molecule has 190 valence electrons. The Labute approximate surface area is 213 Å². The Morgan fingerprint density at radius 2 is 1.71 bits per heavy atom. The summed E-state index contributed by atoms with van der Waals surface area (Å²) in [6, 6.07) is 6.81. The maximum absolute atomic E-state index is 12.5. The van der Waals surface area contributed by atoms with Crippen molar-refractivity contribution in [2.45, 2.75) is 58.9 Å². The predicted octanol–water partition coefficient (Wildman–Crippen LogP) is 1.24. The zero-order valence-corrected chi connectivity index (χ0v) is 22.0. The molecule has 1 aromatic rings. The van der Waals surface area contributed by atoms with E-state index in [0.29, 0.717) is 6.61 Å². The Kier molecular flexibility index (Phi) is 13.7. The van der Waals surface area contributed by atoms with Gasteiger partial charge in [-0.15, -0.1) is 0 Å². The van der Waals surface area contributed by atoms with Gasteiger partial charge in [0.15, 0.2) is 0 Å². The van der Waals surface area contributed by atoms with Gasteiger partial charge >= 0.3 is 5.97 Å². The van der Waals surface area contributed by atoms with Crippen LogP contribution in [0.25, 0.3) is 0 Å². The summed E-state index contributed by atoms with van der Waals surface area (Å²) in [4.78, 5) is 35.6. The molecule has 34 heavy (non-hydrogen) atoms. The highest BCUT2D eigenvalue weighted by molar-refractivity contribution is 5.87. The highest BCUT2D eigenvalue weighted by atomic mass is 79.9. The van der Waals surface area contributed by atoms with Crippen LogP contribution in [0.4, 0.5) is 5.69 Å². The lowest BCUT2D eigenvalue weighted by Crippen LogP contribution is -3.00. The van der Waals surface area contributed by atoms with Crippen molar-refractivity contribution >= 4 is 17.6 Å². The fourth-order valence-electron chi connectivity index (χ4n) is 4.21. The Morgan fingerprint density at radius 1 is 1.09 bits per heavy atom. The molecule has 1 aliphatic rings. The van der Waals surface area contributed by atoms with E-state index in [4.69, 9.17) is 4.74 Å². The summed E-state index contributed by atoms with van der Waals surface area (Å²) in [5, 5.41) is 10.9. The van der Waals surface area contributed by atoms with Gasteiger partial charge in [-0.1, -0.05) is 25.3 Å². The van der Waals surface area contributed by atoms with Crippen LogP contribution >= 0.6 is 0 Å². The van der Waals surface area contributed by atoms with Crippen molar-refractivity contribution in [2.24, 2.45) is 0 Å². The van der Waals surface area contributed by atoms with E-state index in [9.17, 15) is 19.7 Å². The number of likely N-dealkylation sites (N-methyl/N-ethyl adjacent to an activating group) is 1. The highest BCUT2D eigenvalue weighted by Gasteiger charge is 2.32. The molecule has 0 radical (unpaired) electrons. The number of piperazine rings is 1. The molecule has 0 unspecified atom stereocenters. The minimum atomic E-state index is -0.375. The Bertz CT molecular complexity index is 805. The van der Waals surface area contributed by atoms with Crippen LogP contribution < -0.4 is 17.0 Å². The van der Waals surface area contributed by atoms with Crippen molar-refractivity contribution in [1.82, 2.24) is 4.90 Å². The predicted molar refractivity (Wildman–Crippen MR) is 127 cm³/mol. The Hall–Kier alpha value is -2.26. The molecule has 0 aliphatic carbocycles. The summed E-state index contributed by atoms with van der Waals surface area (Å²) in [5.41, 5.74) is 1.21. The minimum absolute atomic E-state index is 0. The van der Waals surface area contributed by atoms with Gasteiger partial charge in [0.2, 0.25) is 5.91 Å². The first-order valence-electron chi connectivity index (χ1n) is 12.0. The lowest BCUT2D eigenvalue weighted by Gasteiger charge is -2.44. The molecule has 8 nitrogen and oxygen atoms in total. The van der Waals surface area contributed by atoms with E-state index in [1.54, 1.807) is 18.2 Å². The van der Waals surface area contributed by atoms with E-state index in [2.05, 4.69) is 6.92 Å². The molecule has 1 aromatic carbocycles. The third-order valence-corrected chi connectivity index (χ3v) is 6.42. The van der Waals surface area contributed by atoms with Crippen molar-refractivity contribution in [3.05, 3.63) is 52.1 Å². The van der Waals surface area contributed by atoms with Gasteiger partial charge in [0.05, 0.1) is 44.3 Å². The number of hydrogen-bond acceptors (Lipinski definition) is 5. The molecule has 0 bridgehead atoms. The smallest absolute Gasteiger partial charge is 0.302 e. The molecular weight excluding hydrogens is 502 g/mol. The molecular formula is C25H38BrN3O5. The zero-order chi connectivity index (χ0) is 24.1. The van der Waals surface area contributed by atoms with Gasteiger partial charge in [0.1, 0.15) is 6.54 Å². The topological polar surface area (TPSA) is 89.8 Å². The van der Waals surface area contributed by atoms with E-state index in [1.165, 1.54) is 6.92 Å². The number of ether oxygens (including phenoxy) is 1. The van der Waals surface area contributed by atoms with Gasteiger partial charge in [0, 0.05) is 24.6 Å². The maximum Gasteiger partial charge on any atom is 0.302 e. The number of amides is 1. The second-order valence-electron chi connectivity index (χ2n) is 8.81. The summed E-state index contributed by atoms with van der Waals surface area (Å²) in [6.07, 6.45) is 9.84. The van der Waals surface area contributed by atoms with Crippen molar-refractivity contribution in [1.29, 1.82) is 0 Å². The first-order chi connectivity index (χ1) is 15.8. The number of benzene rings is 1. The van der Waals surface area contributed by atoms with Crippen LogP contribution in [0, 0.1) is 10.1 Å². The molecule has 0 atom stereocenters. The third kappa shape index (κ3) is 10.3. The van der Waals surface area contributed by atoms with E-state index >= 15 is 0 Å². The summed E-state index contributed by atoms with van der Waals surface area (Å²) in [6.45, 7) is 9.13. The first-order valence-corrected chi connectivity index (χ1v) is 12.0. The molecule has 0 N–H and O–H groups in total. The standard InChI is InChI=1S/C25H38N3O5.BrH/c1-3-28(21-23-12-14-24(15-13-23)27(31)32)18-16-26(17-19-28)25(30)11-9-7-5-4-6-8-10-20-33-22(2)29;/h9,11-15H,3-8,10,16-21H2,1-2H3;1H/q+1;/p-1/b11-9+;. The number of rotatable bonds is 13. The number of carbonyl (C=O) groups is 2. The average Bonchev–Trinajstić information content (AvgIpc) is 2.80. The van der Waals surface area contributed by atoms with Crippen molar-refractivity contribution in [2.75, 3.05) is 39.3 Å². The number of hydrogen-bond donors (Lipinski definition) is 0. The lowest BCUT2D eigenvalue weighted by atomic mass is 10.1. The number of non-ortho nitro benzene ring substituents is 1. The number of esters is 1. The molecule has 1 saturated heterocycles. The molecule has 0 aromatic heterocycles. The van der Waals surface area contributed by atoms with Crippen LogP contribution in [0.2, 0.25) is 0 Å². The van der Waals surface area contributed by atoms with Crippen LogP contribution in [0.15, 0.2) is 36.4 Å². The monoisotopic (exact) mass is 539 g/mol. The Balaban J connectivity index is 0.00000578. The normalized spacial score (nSPS) is 15.1. The lowest BCUT2D eigenvalue weighted by molar-refractivity contribution is -0.942. The van der Waals surface area contributed by atoms with Gasteiger partial charge < -0.3 is 31.1 Å². The Morgan fingerprint density at radius 3 is 2.29 bits per heavy atom. The largest absolute Gasteiger partial charge is 1.00 e. The fraction of sp³-hybridized carbons (Fsp3) is 0.600. The molecule has 0 spiro atoms. The van der Waals surface area contributed by atoms with Gasteiger partial charge in [-0.2, -0.15) is 0 Å². The highest BCUT2D eigenvalue weighted by Crippen LogP contribution is 2.21. The fourth-order valence-corrected chi connectivity index (χ4v) is 4.21. The summed E-state index contributed by atoms with van der Waals surface area (Å²) >= 11 is 0. The number of unbranched alkanes of at least 4 members (excludes halogenated alkanes) is 5. The first kappa shape index (κ1) is 29.8. The van der Waals surface area contributed by atoms with Crippen LogP contribution in [-0.4, -0.2) is 65.5 Å². The van der Waals surface area contributed by atoms with E-state index in [0.717, 1.165) is 87.8 Å². The van der Waals surface area contributed by atoms with Crippen LogP contribution in [0.1, 0.15) is 57.9 Å². The van der Waals surface area contributed by atoms with Gasteiger partial charge in [-0.05, 0) is 44.4 Å². The number of nitro groups is 1. The number of nitrogens with zero attached hydrogens (tertiary/aromatic N) is 3. The van der Waals surface area contributed by atoms with Gasteiger partial charge in [-0.25, -0.2) is 0 Å². The van der Waals surface area contributed by atoms with Crippen LogP contribution in [-0.2, 0) is 20.9 Å². The van der Waals surface area contributed by atoms with Crippen molar-refractivity contribution in [3.8, 4) is 0 Å². The van der Waals surface area contributed by atoms with E-state index < -0.39 is 0 Å². The average molecular weight is 540 g/mol. The number of quaternary nitrogens is 1.